The van der Waals surface area contributed by atoms with E-state index in [0.717, 1.165) is 4.88 Å². The van der Waals surface area contributed by atoms with Crippen LogP contribution in [0.3, 0.4) is 0 Å². The predicted molar refractivity (Wildman–Crippen MR) is 77.8 cm³/mol. The largest absolute Gasteiger partial charge is 0.461 e. The highest BCUT2D eigenvalue weighted by Gasteiger charge is 2.21. The minimum atomic E-state index is -0.413. The first-order chi connectivity index (χ1) is 9.38. The number of thiophene rings is 1. The maximum absolute atomic E-state index is 12.0. The number of furan rings is 1. The number of hydrogen-bond acceptors (Lipinski definition) is 4. The molecule has 0 aromatic carbocycles. The van der Waals surface area contributed by atoms with Gasteiger partial charge in [0.15, 0.2) is 5.76 Å². The fraction of sp³-hybridized carbons (Fsp3) is 0.333. The van der Waals surface area contributed by atoms with Crippen molar-refractivity contribution in [2.45, 2.75) is 27.3 Å². The maximum Gasteiger partial charge on any atom is 0.238 e. The molecule has 106 valence electrons. The molecule has 2 rings (SSSR count). The topological polar surface area (TPSA) is 59.3 Å². The minimum Gasteiger partial charge on any atom is -0.461 e. The molecule has 0 spiro atoms. The summed E-state index contributed by atoms with van der Waals surface area (Å²) in [4.78, 5) is 25.4. The van der Waals surface area contributed by atoms with E-state index in [-0.39, 0.29) is 11.7 Å². The third kappa shape index (κ3) is 3.36. The van der Waals surface area contributed by atoms with Crippen molar-refractivity contribution in [3.8, 4) is 0 Å². The average Bonchev–Trinajstić information content (AvgIpc) is 3.05. The van der Waals surface area contributed by atoms with E-state index in [1.165, 1.54) is 17.6 Å². The Morgan fingerprint density at radius 3 is 2.60 bits per heavy atom. The van der Waals surface area contributed by atoms with Crippen LogP contribution in [0.25, 0.3) is 0 Å². The number of nitrogens with one attached hydrogen (secondary N) is 1. The molecule has 2 heterocycles. The van der Waals surface area contributed by atoms with Crippen LogP contribution < -0.4 is 5.32 Å². The predicted octanol–water partition coefficient (Wildman–Crippen LogP) is 3.23. The zero-order valence-corrected chi connectivity index (χ0v) is 12.5. The van der Waals surface area contributed by atoms with Gasteiger partial charge < -0.3 is 9.73 Å². The Balaban J connectivity index is 2.00. The standard InChI is InChI=1S/C15H17NO3S/c1-15(2,3)14(18)16-9-10-6-7-12(20-10)13(17)11-5-4-8-19-11/h4-8H,9H2,1-3H3,(H,16,18). The SMILES string of the molecule is CC(C)(C)C(=O)NCc1ccc(C(=O)c2ccco2)s1. The monoisotopic (exact) mass is 291 g/mol. The summed E-state index contributed by atoms with van der Waals surface area (Å²) in [6.45, 7) is 6.03. The van der Waals surface area contributed by atoms with Gasteiger partial charge in [-0.1, -0.05) is 20.8 Å². The Hall–Kier alpha value is -1.88. The van der Waals surface area contributed by atoms with Crippen molar-refractivity contribution in [3.63, 3.8) is 0 Å². The van der Waals surface area contributed by atoms with E-state index in [4.69, 9.17) is 4.42 Å². The zero-order valence-electron chi connectivity index (χ0n) is 11.7. The van der Waals surface area contributed by atoms with E-state index in [1.807, 2.05) is 26.8 Å². The molecule has 0 bridgehead atoms. The lowest BCUT2D eigenvalue weighted by Gasteiger charge is -2.17. The first-order valence-corrected chi connectivity index (χ1v) is 7.15. The zero-order chi connectivity index (χ0) is 14.8. The Morgan fingerprint density at radius 2 is 2.00 bits per heavy atom. The van der Waals surface area contributed by atoms with E-state index < -0.39 is 5.41 Å². The molecule has 0 saturated heterocycles. The van der Waals surface area contributed by atoms with Gasteiger partial charge in [0.1, 0.15) is 0 Å². The molecule has 2 aromatic heterocycles. The number of ketones is 1. The molecule has 0 fully saturated rings. The normalized spacial score (nSPS) is 11.3. The summed E-state index contributed by atoms with van der Waals surface area (Å²) >= 11 is 1.37. The van der Waals surface area contributed by atoms with Gasteiger partial charge in [-0.3, -0.25) is 9.59 Å². The van der Waals surface area contributed by atoms with Crippen LogP contribution in [0.4, 0.5) is 0 Å². The molecular formula is C15H17NO3S. The number of rotatable bonds is 4. The highest BCUT2D eigenvalue weighted by atomic mass is 32.1. The molecule has 0 saturated carbocycles. The van der Waals surface area contributed by atoms with Gasteiger partial charge in [0.25, 0.3) is 0 Å². The summed E-state index contributed by atoms with van der Waals surface area (Å²) in [5.74, 6) is 0.190. The van der Waals surface area contributed by atoms with E-state index in [0.29, 0.717) is 17.2 Å². The highest BCUT2D eigenvalue weighted by molar-refractivity contribution is 7.14. The van der Waals surface area contributed by atoms with Crippen LogP contribution in [-0.2, 0) is 11.3 Å². The molecule has 0 aliphatic heterocycles. The molecule has 1 N–H and O–H groups in total. The summed E-state index contributed by atoms with van der Waals surface area (Å²) in [6.07, 6.45) is 1.48. The second-order valence-electron chi connectivity index (χ2n) is 5.51. The van der Waals surface area contributed by atoms with Gasteiger partial charge in [-0.05, 0) is 24.3 Å². The number of hydrogen-bond donors (Lipinski definition) is 1. The fourth-order valence-corrected chi connectivity index (χ4v) is 2.45. The van der Waals surface area contributed by atoms with Crippen LogP contribution in [0.15, 0.2) is 34.9 Å². The Morgan fingerprint density at radius 1 is 1.25 bits per heavy atom. The van der Waals surface area contributed by atoms with E-state index in [1.54, 1.807) is 18.2 Å². The Labute approximate surface area is 121 Å². The van der Waals surface area contributed by atoms with Crippen LogP contribution in [0.2, 0.25) is 0 Å². The summed E-state index contributed by atoms with van der Waals surface area (Å²) in [5, 5.41) is 2.86. The van der Waals surface area contributed by atoms with Gasteiger partial charge in [0, 0.05) is 10.3 Å². The molecule has 0 atom stereocenters. The van der Waals surface area contributed by atoms with Crippen LogP contribution >= 0.6 is 11.3 Å². The second kappa shape index (κ2) is 5.63. The second-order valence-corrected chi connectivity index (χ2v) is 6.67. The Kier molecular flexibility index (Phi) is 4.09. The fourth-order valence-electron chi connectivity index (χ4n) is 1.56. The molecule has 4 nitrogen and oxygen atoms in total. The van der Waals surface area contributed by atoms with Crippen LogP contribution in [-0.4, -0.2) is 11.7 Å². The van der Waals surface area contributed by atoms with Gasteiger partial charge in [-0.25, -0.2) is 0 Å². The summed E-state index contributed by atoms with van der Waals surface area (Å²) in [6, 6.07) is 6.94. The van der Waals surface area contributed by atoms with Gasteiger partial charge in [-0.15, -0.1) is 11.3 Å². The third-order valence-electron chi connectivity index (χ3n) is 2.73. The van der Waals surface area contributed by atoms with Gasteiger partial charge in [0.05, 0.1) is 17.7 Å². The lowest BCUT2D eigenvalue weighted by Crippen LogP contribution is -2.34. The molecule has 1 amide bonds. The van der Waals surface area contributed by atoms with Crippen LogP contribution in [0, 0.1) is 5.41 Å². The number of carbonyl (C=O) groups is 2. The molecule has 0 aliphatic rings. The van der Waals surface area contributed by atoms with Crippen LogP contribution in [0.1, 0.15) is 41.1 Å². The van der Waals surface area contributed by atoms with Gasteiger partial charge in [0.2, 0.25) is 11.7 Å². The first-order valence-electron chi connectivity index (χ1n) is 6.33. The maximum atomic E-state index is 12.0. The number of amides is 1. The lowest BCUT2D eigenvalue weighted by molar-refractivity contribution is -0.128. The molecule has 0 radical (unpaired) electrons. The van der Waals surface area contributed by atoms with E-state index >= 15 is 0 Å². The van der Waals surface area contributed by atoms with Crippen molar-refractivity contribution >= 4 is 23.0 Å². The Bertz CT molecular complexity index is 605. The van der Waals surface area contributed by atoms with Gasteiger partial charge in [-0.2, -0.15) is 0 Å². The average molecular weight is 291 g/mol. The first kappa shape index (κ1) is 14.5. The summed E-state index contributed by atoms with van der Waals surface area (Å²) in [7, 11) is 0. The summed E-state index contributed by atoms with van der Waals surface area (Å²) in [5.41, 5.74) is -0.413. The smallest absolute Gasteiger partial charge is 0.238 e. The van der Waals surface area contributed by atoms with Crippen molar-refractivity contribution in [2.75, 3.05) is 0 Å². The molecule has 0 aliphatic carbocycles. The summed E-state index contributed by atoms with van der Waals surface area (Å²) < 4.78 is 5.09. The van der Waals surface area contributed by atoms with Crippen molar-refractivity contribution < 1.29 is 14.0 Å². The van der Waals surface area contributed by atoms with Gasteiger partial charge >= 0.3 is 0 Å². The molecular weight excluding hydrogens is 274 g/mol. The quantitative estimate of drug-likeness (QED) is 0.880. The van der Waals surface area contributed by atoms with Crippen molar-refractivity contribution in [1.29, 1.82) is 0 Å². The number of carbonyl (C=O) groups excluding carboxylic acids is 2. The van der Waals surface area contributed by atoms with E-state index in [9.17, 15) is 9.59 Å². The molecule has 20 heavy (non-hydrogen) atoms. The van der Waals surface area contributed by atoms with Crippen molar-refractivity contribution in [3.05, 3.63) is 46.0 Å². The van der Waals surface area contributed by atoms with Crippen LogP contribution in [0.5, 0.6) is 0 Å². The third-order valence-corrected chi connectivity index (χ3v) is 3.82. The van der Waals surface area contributed by atoms with Crippen molar-refractivity contribution in [1.82, 2.24) is 5.32 Å². The lowest BCUT2D eigenvalue weighted by atomic mass is 9.96. The molecule has 0 unspecified atom stereocenters. The molecule has 5 heteroatoms. The highest BCUT2D eigenvalue weighted by Crippen LogP contribution is 2.21. The van der Waals surface area contributed by atoms with E-state index in [2.05, 4.69) is 5.32 Å². The minimum absolute atomic E-state index is 0.00943. The van der Waals surface area contributed by atoms with Crippen molar-refractivity contribution in [2.24, 2.45) is 5.41 Å². The molecule has 2 aromatic rings.